The molecule has 4 nitrogen and oxygen atoms in total. The molecule has 2 aromatic rings. The van der Waals surface area contributed by atoms with Gasteiger partial charge >= 0.3 is 5.97 Å². The first kappa shape index (κ1) is 11.8. The minimum Gasteiger partial charge on any atom is -0.507 e. The van der Waals surface area contributed by atoms with E-state index in [1.165, 1.54) is 0 Å². The lowest BCUT2D eigenvalue weighted by Crippen LogP contribution is -2.15. The topological polar surface area (TPSA) is 50.9 Å². The Bertz CT molecular complexity index is 682. The van der Waals surface area contributed by atoms with Crippen LogP contribution in [0.5, 0.6) is 0 Å². The summed E-state index contributed by atoms with van der Waals surface area (Å²) < 4.78 is 7.03. The molecule has 0 unspecified atom stereocenters. The third-order valence-corrected chi connectivity index (χ3v) is 3.46. The molecule has 4 heteroatoms. The van der Waals surface area contributed by atoms with Crippen molar-refractivity contribution in [1.29, 1.82) is 0 Å². The molecule has 0 radical (unpaired) electrons. The van der Waals surface area contributed by atoms with Crippen LogP contribution in [0.2, 0.25) is 0 Å². The number of ether oxygens (including phenoxy) is 1. The molecular formula is C15H15NO3. The molecule has 0 aromatic carbocycles. The molecule has 0 aliphatic heterocycles. The van der Waals surface area contributed by atoms with Gasteiger partial charge in [-0.1, -0.05) is 6.07 Å². The molecule has 3 rings (SSSR count). The molecule has 0 bridgehead atoms. The predicted octanol–water partition coefficient (Wildman–Crippen LogP) is 2.72. The second kappa shape index (κ2) is 4.46. The van der Waals surface area contributed by atoms with E-state index in [1.54, 1.807) is 6.92 Å². The van der Waals surface area contributed by atoms with E-state index in [0.717, 1.165) is 23.2 Å². The van der Waals surface area contributed by atoms with Gasteiger partial charge in [0.2, 0.25) is 0 Å². The maximum Gasteiger partial charge on any atom is 0.337 e. The summed E-state index contributed by atoms with van der Waals surface area (Å²) in [5.41, 5.74) is 3.18. The highest BCUT2D eigenvalue weighted by atomic mass is 16.5. The zero-order valence-electron chi connectivity index (χ0n) is 10.7. The van der Waals surface area contributed by atoms with Gasteiger partial charge in [0.25, 0.3) is 0 Å². The van der Waals surface area contributed by atoms with E-state index in [0.29, 0.717) is 18.6 Å². The Hall–Kier alpha value is -2.23. The fourth-order valence-corrected chi connectivity index (χ4v) is 2.58. The van der Waals surface area contributed by atoms with Crippen LogP contribution in [0, 0.1) is 0 Å². The van der Waals surface area contributed by atoms with Crippen molar-refractivity contribution in [1.82, 2.24) is 4.40 Å². The zero-order valence-corrected chi connectivity index (χ0v) is 10.7. The molecule has 98 valence electrons. The lowest BCUT2D eigenvalue weighted by molar-refractivity contribution is -0.138. The maximum atomic E-state index is 11.8. The van der Waals surface area contributed by atoms with Gasteiger partial charge in [0, 0.05) is 23.0 Å². The van der Waals surface area contributed by atoms with Crippen LogP contribution in [0.15, 0.2) is 36.0 Å². The average molecular weight is 257 g/mol. The number of carbonyl (C=O) groups is 1. The first-order valence-electron chi connectivity index (χ1n) is 6.41. The van der Waals surface area contributed by atoms with E-state index in [4.69, 9.17) is 4.74 Å². The van der Waals surface area contributed by atoms with Crippen LogP contribution >= 0.6 is 0 Å². The third kappa shape index (κ3) is 1.80. The Morgan fingerprint density at radius 3 is 3.05 bits per heavy atom. The Labute approximate surface area is 110 Å². The van der Waals surface area contributed by atoms with Gasteiger partial charge in [0.15, 0.2) is 0 Å². The molecule has 1 aliphatic rings. The third-order valence-electron chi connectivity index (χ3n) is 3.46. The van der Waals surface area contributed by atoms with Gasteiger partial charge in [-0.2, -0.15) is 0 Å². The van der Waals surface area contributed by atoms with Crippen molar-refractivity contribution >= 4 is 17.2 Å². The quantitative estimate of drug-likeness (QED) is 0.841. The molecule has 0 fully saturated rings. The molecule has 0 spiro atoms. The number of esters is 1. The summed E-state index contributed by atoms with van der Waals surface area (Å²) in [6.07, 6.45) is 3.21. The van der Waals surface area contributed by atoms with Crippen LogP contribution in [-0.2, 0) is 16.0 Å². The highest BCUT2D eigenvalue weighted by Gasteiger charge is 2.26. The van der Waals surface area contributed by atoms with Crippen LogP contribution < -0.4 is 0 Å². The maximum absolute atomic E-state index is 11.8. The summed E-state index contributed by atoms with van der Waals surface area (Å²) in [4.78, 5) is 11.8. The van der Waals surface area contributed by atoms with E-state index >= 15 is 0 Å². The number of aryl methyl sites for hydroxylation is 1. The molecule has 0 amide bonds. The molecule has 0 saturated carbocycles. The summed E-state index contributed by atoms with van der Waals surface area (Å²) in [6.45, 7) is 2.08. The number of nitrogens with zero attached hydrogens (tertiary/aromatic N) is 1. The number of carbonyl (C=O) groups excluding carboxylic acids is 1. The van der Waals surface area contributed by atoms with Crippen LogP contribution in [0.1, 0.15) is 24.6 Å². The fourth-order valence-electron chi connectivity index (χ4n) is 2.58. The van der Waals surface area contributed by atoms with Gasteiger partial charge in [-0.05, 0) is 38.0 Å². The van der Waals surface area contributed by atoms with Gasteiger partial charge < -0.3 is 14.2 Å². The molecular weight excluding hydrogens is 242 g/mol. The van der Waals surface area contributed by atoms with Gasteiger partial charge in [0.1, 0.15) is 5.76 Å². The summed E-state index contributed by atoms with van der Waals surface area (Å²) in [5.74, 6) is -0.357. The standard InChI is InChI=1S/C15H15NO3/c1-2-19-15(18)11-6-7-13-12(14(11)17)9-10-5-3-4-8-16(10)13/h3-5,8-9,17H,2,6-7H2,1H3. The highest BCUT2D eigenvalue weighted by Crippen LogP contribution is 2.32. The average Bonchev–Trinajstić information content (AvgIpc) is 2.79. The second-order valence-electron chi connectivity index (χ2n) is 4.55. The minimum absolute atomic E-state index is 0.0587. The SMILES string of the molecule is CCOC(=O)C1=C(O)c2cc3ccccn3c2CC1. The van der Waals surface area contributed by atoms with Crippen LogP contribution in [-0.4, -0.2) is 22.1 Å². The van der Waals surface area contributed by atoms with Crippen molar-refractivity contribution in [2.45, 2.75) is 19.8 Å². The Kier molecular flexibility index (Phi) is 2.78. The van der Waals surface area contributed by atoms with Crippen molar-refractivity contribution in [3.63, 3.8) is 0 Å². The number of rotatable bonds is 2. The first-order valence-corrected chi connectivity index (χ1v) is 6.41. The number of aliphatic hydroxyl groups is 1. The van der Waals surface area contributed by atoms with Gasteiger partial charge in [-0.25, -0.2) is 4.79 Å². The number of aromatic nitrogens is 1. The Morgan fingerprint density at radius 1 is 1.42 bits per heavy atom. The molecule has 2 heterocycles. The van der Waals surface area contributed by atoms with Crippen LogP contribution in [0.25, 0.3) is 11.3 Å². The van der Waals surface area contributed by atoms with Crippen molar-refractivity contribution in [3.05, 3.63) is 47.3 Å². The lowest BCUT2D eigenvalue weighted by atomic mass is 9.96. The Balaban J connectivity index is 2.13. The number of pyridine rings is 1. The first-order chi connectivity index (χ1) is 9.22. The van der Waals surface area contributed by atoms with Crippen molar-refractivity contribution in [2.75, 3.05) is 6.61 Å². The second-order valence-corrected chi connectivity index (χ2v) is 4.55. The fraction of sp³-hybridized carbons (Fsp3) is 0.267. The highest BCUT2D eigenvalue weighted by molar-refractivity contribution is 5.97. The van der Waals surface area contributed by atoms with Crippen molar-refractivity contribution in [3.8, 4) is 0 Å². The van der Waals surface area contributed by atoms with Gasteiger partial charge in [0.05, 0.1) is 12.2 Å². The summed E-state index contributed by atoms with van der Waals surface area (Å²) in [5, 5.41) is 10.3. The molecule has 0 atom stereocenters. The summed E-state index contributed by atoms with van der Waals surface area (Å²) in [6, 6.07) is 7.79. The number of hydrogen-bond acceptors (Lipinski definition) is 3. The summed E-state index contributed by atoms with van der Waals surface area (Å²) in [7, 11) is 0. The monoisotopic (exact) mass is 257 g/mol. The van der Waals surface area contributed by atoms with Gasteiger partial charge in [-0.15, -0.1) is 0 Å². The molecule has 1 aliphatic carbocycles. The normalized spacial score (nSPS) is 14.6. The number of hydrogen-bond donors (Lipinski definition) is 1. The minimum atomic E-state index is -0.416. The van der Waals surface area contributed by atoms with Crippen molar-refractivity contribution in [2.24, 2.45) is 0 Å². The zero-order chi connectivity index (χ0) is 13.4. The summed E-state index contributed by atoms with van der Waals surface area (Å²) >= 11 is 0. The smallest absolute Gasteiger partial charge is 0.337 e. The van der Waals surface area contributed by atoms with Crippen molar-refractivity contribution < 1.29 is 14.6 Å². The lowest BCUT2D eigenvalue weighted by Gasteiger charge is -2.16. The van der Waals surface area contributed by atoms with E-state index in [2.05, 4.69) is 0 Å². The largest absolute Gasteiger partial charge is 0.507 e. The van der Waals surface area contributed by atoms with E-state index in [1.807, 2.05) is 34.9 Å². The molecule has 0 saturated heterocycles. The number of aliphatic hydroxyl groups excluding tert-OH is 1. The van der Waals surface area contributed by atoms with Crippen LogP contribution in [0.3, 0.4) is 0 Å². The van der Waals surface area contributed by atoms with E-state index in [9.17, 15) is 9.90 Å². The van der Waals surface area contributed by atoms with E-state index < -0.39 is 5.97 Å². The Morgan fingerprint density at radius 2 is 2.26 bits per heavy atom. The van der Waals surface area contributed by atoms with Crippen LogP contribution in [0.4, 0.5) is 0 Å². The predicted molar refractivity (Wildman–Crippen MR) is 71.9 cm³/mol. The van der Waals surface area contributed by atoms with Gasteiger partial charge in [-0.3, -0.25) is 0 Å². The van der Waals surface area contributed by atoms with E-state index in [-0.39, 0.29) is 5.76 Å². The molecule has 1 N–H and O–H groups in total. The molecule has 19 heavy (non-hydrogen) atoms. The number of fused-ring (bicyclic) bond motifs is 3. The molecule has 2 aromatic heterocycles.